The maximum atomic E-state index is 12.5. The zero-order valence-corrected chi connectivity index (χ0v) is 17.0. The van der Waals surface area contributed by atoms with Crippen molar-refractivity contribution in [2.45, 2.75) is 65.7 Å². The second-order valence-electron chi connectivity index (χ2n) is 8.61. The van der Waals surface area contributed by atoms with Crippen molar-refractivity contribution in [3.8, 4) is 0 Å². The molecule has 0 fully saturated rings. The molecule has 0 N–H and O–H groups in total. The predicted molar refractivity (Wildman–Crippen MR) is 101 cm³/mol. The summed E-state index contributed by atoms with van der Waals surface area (Å²) in [6.07, 6.45) is 1.76. The van der Waals surface area contributed by atoms with Crippen molar-refractivity contribution >= 4 is 14.5 Å². The van der Waals surface area contributed by atoms with Crippen molar-refractivity contribution in [3.63, 3.8) is 0 Å². The van der Waals surface area contributed by atoms with Gasteiger partial charge in [-0.15, -0.1) is 0 Å². The molecule has 23 heavy (non-hydrogen) atoms. The van der Waals surface area contributed by atoms with E-state index in [1.165, 1.54) is 0 Å². The second-order valence-corrected chi connectivity index (χ2v) is 13.4. The standard InChI is InChI=1S/C19H33NO2Si/c1-16(17-12-10-9-11-13-17)20(21)14-19(5,6)15-22-23(7,8)18(2,3)4/h9-14,16H,15H2,1-8H3/t16-/m0/s1. The summed E-state index contributed by atoms with van der Waals surface area (Å²) in [5.41, 5.74) is 0.736. The number of hydroxylamine groups is 1. The third-order valence-electron chi connectivity index (χ3n) is 4.75. The van der Waals surface area contributed by atoms with Crippen LogP contribution in [0.2, 0.25) is 18.1 Å². The van der Waals surface area contributed by atoms with Crippen LogP contribution in [-0.2, 0) is 4.43 Å². The van der Waals surface area contributed by atoms with Crippen molar-refractivity contribution in [2.75, 3.05) is 6.61 Å². The first kappa shape index (κ1) is 19.9. The molecule has 0 bridgehead atoms. The molecule has 1 atom stereocenters. The van der Waals surface area contributed by atoms with Gasteiger partial charge in [0.15, 0.2) is 20.6 Å². The van der Waals surface area contributed by atoms with E-state index in [0.717, 1.165) is 10.3 Å². The number of benzene rings is 1. The monoisotopic (exact) mass is 335 g/mol. The fourth-order valence-electron chi connectivity index (χ4n) is 1.95. The fraction of sp³-hybridized carbons (Fsp3) is 0.632. The van der Waals surface area contributed by atoms with E-state index < -0.39 is 8.32 Å². The van der Waals surface area contributed by atoms with Crippen LogP contribution in [0.5, 0.6) is 0 Å². The largest absolute Gasteiger partial charge is 0.624 e. The lowest BCUT2D eigenvalue weighted by Crippen LogP contribution is -2.43. The van der Waals surface area contributed by atoms with Crippen LogP contribution in [0.1, 0.15) is 53.1 Å². The number of rotatable bonds is 6. The molecule has 0 amide bonds. The maximum absolute atomic E-state index is 12.5. The Morgan fingerprint density at radius 3 is 2.13 bits per heavy atom. The quantitative estimate of drug-likeness (QED) is 0.230. The average molecular weight is 336 g/mol. The minimum Gasteiger partial charge on any atom is -0.624 e. The van der Waals surface area contributed by atoms with Crippen LogP contribution >= 0.6 is 0 Å². The van der Waals surface area contributed by atoms with E-state index in [1.807, 2.05) is 37.3 Å². The highest BCUT2D eigenvalue weighted by Gasteiger charge is 2.38. The summed E-state index contributed by atoms with van der Waals surface area (Å²) in [4.78, 5) is 0. The third-order valence-corrected chi connectivity index (χ3v) is 9.23. The van der Waals surface area contributed by atoms with Gasteiger partial charge in [0, 0.05) is 19.1 Å². The van der Waals surface area contributed by atoms with E-state index >= 15 is 0 Å². The van der Waals surface area contributed by atoms with Gasteiger partial charge in [-0.2, -0.15) is 0 Å². The van der Waals surface area contributed by atoms with E-state index in [1.54, 1.807) is 6.21 Å². The number of hydrogen-bond donors (Lipinski definition) is 0. The number of hydrogen-bond acceptors (Lipinski definition) is 2. The normalized spacial score (nSPS) is 15.6. The molecule has 1 aromatic carbocycles. The first-order valence-corrected chi connectivity index (χ1v) is 11.3. The molecule has 1 aromatic rings. The van der Waals surface area contributed by atoms with Gasteiger partial charge in [0.1, 0.15) is 0 Å². The fourth-order valence-corrected chi connectivity index (χ4v) is 3.12. The molecular formula is C19H33NO2Si. The van der Waals surface area contributed by atoms with E-state index in [4.69, 9.17) is 4.43 Å². The lowest BCUT2D eigenvalue weighted by atomic mass is 9.96. The SMILES string of the molecule is C[C@@H](c1ccccc1)[N+]([O-])=CC(C)(C)CO[Si](C)(C)C(C)(C)C. The summed E-state index contributed by atoms with van der Waals surface area (Å²) in [7, 11) is -1.80. The molecule has 4 heteroatoms. The minimum atomic E-state index is -1.80. The van der Waals surface area contributed by atoms with Gasteiger partial charge in [-0.05, 0) is 32.0 Å². The predicted octanol–water partition coefficient (Wildman–Crippen LogP) is 5.38. The molecule has 1 rings (SSSR count). The summed E-state index contributed by atoms with van der Waals surface area (Å²) >= 11 is 0. The highest BCUT2D eigenvalue weighted by molar-refractivity contribution is 6.74. The zero-order chi connectivity index (χ0) is 17.9. The van der Waals surface area contributed by atoms with Crippen molar-refractivity contribution < 1.29 is 9.16 Å². The van der Waals surface area contributed by atoms with Gasteiger partial charge in [-0.3, -0.25) is 0 Å². The van der Waals surface area contributed by atoms with Gasteiger partial charge in [0.05, 0.1) is 5.41 Å². The molecule has 3 nitrogen and oxygen atoms in total. The van der Waals surface area contributed by atoms with Crippen LogP contribution in [0, 0.1) is 10.6 Å². The summed E-state index contributed by atoms with van der Waals surface area (Å²) in [5.74, 6) is 0. The highest BCUT2D eigenvalue weighted by Crippen LogP contribution is 2.37. The van der Waals surface area contributed by atoms with Gasteiger partial charge < -0.3 is 9.63 Å². The molecule has 0 spiro atoms. The first-order valence-electron chi connectivity index (χ1n) is 8.36. The molecular weight excluding hydrogens is 302 g/mol. The highest BCUT2D eigenvalue weighted by atomic mass is 28.4. The molecule has 0 aromatic heterocycles. The van der Waals surface area contributed by atoms with Crippen LogP contribution in [0.3, 0.4) is 0 Å². The molecule has 0 heterocycles. The van der Waals surface area contributed by atoms with Crippen molar-refractivity contribution in [1.29, 1.82) is 0 Å². The maximum Gasteiger partial charge on any atom is 0.192 e. The van der Waals surface area contributed by atoms with Crippen LogP contribution in [0.4, 0.5) is 0 Å². The summed E-state index contributed by atoms with van der Waals surface area (Å²) in [6, 6.07) is 9.68. The number of nitrogens with zero attached hydrogens (tertiary/aromatic N) is 1. The zero-order valence-electron chi connectivity index (χ0n) is 16.0. The minimum absolute atomic E-state index is 0.178. The molecule has 0 saturated heterocycles. The molecule has 0 saturated carbocycles. The summed E-state index contributed by atoms with van der Waals surface area (Å²) in [5, 5.41) is 12.7. The molecule has 0 aliphatic rings. The summed E-state index contributed by atoms with van der Waals surface area (Å²) < 4.78 is 7.35. The Morgan fingerprint density at radius 1 is 1.13 bits per heavy atom. The van der Waals surface area contributed by atoms with Crippen LogP contribution in [-0.4, -0.2) is 25.9 Å². The molecule has 0 radical (unpaired) electrons. The van der Waals surface area contributed by atoms with Gasteiger partial charge in [0.25, 0.3) is 0 Å². The van der Waals surface area contributed by atoms with E-state index in [-0.39, 0.29) is 16.5 Å². The third kappa shape index (κ3) is 5.77. The Balaban J connectivity index is 2.80. The average Bonchev–Trinajstić information content (AvgIpc) is 2.44. The molecule has 0 aliphatic carbocycles. The van der Waals surface area contributed by atoms with Crippen molar-refractivity contribution in [3.05, 3.63) is 41.1 Å². The lowest BCUT2D eigenvalue weighted by Gasteiger charge is -2.38. The van der Waals surface area contributed by atoms with Gasteiger partial charge in [-0.25, -0.2) is 4.74 Å². The Kier molecular flexibility index (Phi) is 6.22. The first-order chi connectivity index (χ1) is 10.4. The molecule has 0 unspecified atom stereocenters. The van der Waals surface area contributed by atoms with Gasteiger partial charge in [-0.1, -0.05) is 51.1 Å². The van der Waals surface area contributed by atoms with Crippen molar-refractivity contribution in [2.24, 2.45) is 5.41 Å². The van der Waals surface area contributed by atoms with Gasteiger partial charge in [0.2, 0.25) is 0 Å². The molecule has 130 valence electrons. The Hall–Kier alpha value is -1.13. The Morgan fingerprint density at radius 2 is 1.65 bits per heavy atom. The van der Waals surface area contributed by atoms with Gasteiger partial charge >= 0.3 is 0 Å². The smallest absolute Gasteiger partial charge is 0.192 e. The second kappa shape index (κ2) is 7.18. The summed E-state index contributed by atoms with van der Waals surface area (Å²) in [6.45, 7) is 17.8. The van der Waals surface area contributed by atoms with Crippen molar-refractivity contribution in [1.82, 2.24) is 0 Å². The Bertz CT molecular complexity index is 530. The van der Waals surface area contributed by atoms with Crippen LogP contribution in [0.25, 0.3) is 0 Å². The lowest BCUT2D eigenvalue weighted by molar-refractivity contribution is -0.502. The Labute approximate surface area is 143 Å². The molecule has 0 aliphatic heterocycles. The van der Waals surface area contributed by atoms with Crippen LogP contribution in [0.15, 0.2) is 30.3 Å². The van der Waals surface area contributed by atoms with E-state index in [0.29, 0.717) is 6.61 Å². The topological polar surface area (TPSA) is 35.3 Å². The van der Waals surface area contributed by atoms with E-state index in [9.17, 15) is 5.21 Å². The van der Waals surface area contributed by atoms with E-state index in [2.05, 4.69) is 47.7 Å². The van der Waals surface area contributed by atoms with Crippen LogP contribution < -0.4 is 0 Å².